The second-order valence-corrected chi connectivity index (χ2v) is 6.94. The lowest BCUT2D eigenvalue weighted by Crippen LogP contribution is -2.40. The van der Waals surface area contributed by atoms with E-state index in [0.717, 1.165) is 25.1 Å². The maximum atomic E-state index is 12.6. The molecule has 3 rings (SSSR count). The van der Waals surface area contributed by atoms with E-state index in [1.807, 2.05) is 4.90 Å². The van der Waals surface area contributed by atoms with E-state index in [2.05, 4.69) is 11.9 Å². The van der Waals surface area contributed by atoms with Crippen molar-refractivity contribution in [3.05, 3.63) is 33.8 Å². The summed E-state index contributed by atoms with van der Waals surface area (Å²) in [6, 6.07) is 6.44. The largest absolute Gasteiger partial charge is 0.341 e. The van der Waals surface area contributed by atoms with Gasteiger partial charge in [-0.15, -0.1) is 0 Å². The average molecular weight is 327 g/mol. The Bertz CT molecular complexity index is 549. The number of halogens is 2. The lowest BCUT2D eigenvalue weighted by Gasteiger charge is -2.26. The highest BCUT2D eigenvalue weighted by atomic mass is 35.5. The minimum Gasteiger partial charge on any atom is -0.341 e. The minimum atomic E-state index is 0.153. The van der Waals surface area contributed by atoms with Crippen LogP contribution in [0.2, 0.25) is 10.0 Å². The van der Waals surface area contributed by atoms with Crippen molar-refractivity contribution in [2.24, 2.45) is 0 Å². The van der Waals surface area contributed by atoms with Crippen LogP contribution in [0.1, 0.15) is 24.8 Å². The molecule has 1 aromatic carbocycles. The minimum absolute atomic E-state index is 0.153. The molecule has 1 amide bonds. The fourth-order valence-corrected chi connectivity index (χ4v) is 3.87. The van der Waals surface area contributed by atoms with Gasteiger partial charge in [-0.05, 0) is 50.1 Å². The average Bonchev–Trinajstić information content (AvgIpc) is 2.67. The van der Waals surface area contributed by atoms with Crippen molar-refractivity contribution in [3.8, 4) is 0 Å². The lowest BCUT2D eigenvalue weighted by molar-refractivity contribution is -0.130. The van der Waals surface area contributed by atoms with Crippen LogP contribution in [0, 0.1) is 0 Å². The van der Waals surface area contributed by atoms with Crippen LogP contribution in [0.4, 0.5) is 0 Å². The molecule has 2 bridgehead atoms. The van der Waals surface area contributed by atoms with E-state index in [4.69, 9.17) is 23.2 Å². The predicted octanol–water partition coefficient (Wildman–Crippen LogP) is 3.23. The van der Waals surface area contributed by atoms with Gasteiger partial charge in [0.25, 0.3) is 0 Å². The highest BCUT2D eigenvalue weighted by Crippen LogP contribution is 2.29. The number of rotatable bonds is 2. The van der Waals surface area contributed by atoms with Crippen molar-refractivity contribution in [2.45, 2.75) is 37.8 Å². The highest BCUT2D eigenvalue weighted by molar-refractivity contribution is 6.33. The number of hydrogen-bond acceptors (Lipinski definition) is 2. The Labute approximate surface area is 135 Å². The Balaban J connectivity index is 1.69. The molecule has 114 valence electrons. The topological polar surface area (TPSA) is 23.6 Å². The van der Waals surface area contributed by atoms with Gasteiger partial charge in [-0.1, -0.05) is 23.2 Å². The molecule has 0 N–H and O–H groups in total. The second kappa shape index (κ2) is 6.15. The Kier molecular flexibility index (Phi) is 4.43. The summed E-state index contributed by atoms with van der Waals surface area (Å²) in [5.41, 5.74) is 0.817. The van der Waals surface area contributed by atoms with E-state index in [9.17, 15) is 4.79 Å². The number of fused-ring (bicyclic) bond motifs is 2. The van der Waals surface area contributed by atoms with Crippen LogP contribution < -0.4 is 0 Å². The molecule has 2 fully saturated rings. The zero-order valence-corrected chi connectivity index (χ0v) is 13.7. The molecule has 0 radical (unpaired) electrons. The first-order chi connectivity index (χ1) is 10.0. The quantitative estimate of drug-likeness (QED) is 0.833. The van der Waals surface area contributed by atoms with Gasteiger partial charge in [0, 0.05) is 35.2 Å². The van der Waals surface area contributed by atoms with Crippen molar-refractivity contribution in [1.82, 2.24) is 9.80 Å². The molecule has 0 spiro atoms. The number of carbonyl (C=O) groups excluding carboxylic acids is 1. The molecule has 5 heteroatoms. The van der Waals surface area contributed by atoms with Crippen molar-refractivity contribution >= 4 is 29.1 Å². The number of carbonyl (C=O) groups is 1. The summed E-state index contributed by atoms with van der Waals surface area (Å²) in [6.07, 6.45) is 3.87. The number of amides is 1. The van der Waals surface area contributed by atoms with E-state index in [0.29, 0.717) is 28.5 Å². The molecular formula is C16H20Cl2N2O. The Morgan fingerprint density at radius 2 is 2.00 bits per heavy atom. The number of likely N-dealkylation sites (N-methyl/N-ethyl adjacent to an activating group) is 1. The molecule has 2 atom stereocenters. The molecule has 0 saturated carbocycles. The first-order valence-corrected chi connectivity index (χ1v) is 8.24. The van der Waals surface area contributed by atoms with Crippen LogP contribution in [0.3, 0.4) is 0 Å². The highest BCUT2D eigenvalue weighted by Gasteiger charge is 2.35. The Hall–Kier alpha value is -0.770. The van der Waals surface area contributed by atoms with Crippen molar-refractivity contribution in [2.75, 3.05) is 20.1 Å². The Morgan fingerprint density at radius 1 is 1.24 bits per heavy atom. The fourth-order valence-electron chi connectivity index (χ4n) is 3.49. The van der Waals surface area contributed by atoms with E-state index in [-0.39, 0.29) is 5.91 Å². The predicted molar refractivity (Wildman–Crippen MR) is 85.9 cm³/mol. The van der Waals surface area contributed by atoms with Crippen molar-refractivity contribution in [3.63, 3.8) is 0 Å². The summed E-state index contributed by atoms with van der Waals surface area (Å²) in [7, 11) is 2.18. The SMILES string of the molecule is CN1C2CCC1CN(C(=O)Cc1cc(Cl)ccc1Cl)CC2. The molecule has 3 nitrogen and oxygen atoms in total. The summed E-state index contributed by atoms with van der Waals surface area (Å²) >= 11 is 12.2. The monoisotopic (exact) mass is 326 g/mol. The summed E-state index contributed by atoms with van der Waals surface area (Å²) in [6.45, 7) is 1.69. The zero-order chi connectivity index (χ0) is 15.0. The number of likely N-dealkylation sites (tertiary alicyclic amines) is 1. The van der Waals surface area contributed by atoms with Crippen LogP contribution >= 0.6 is 23.2 Å². The van der Waals surface area contributed by atoms with Crippen LogP contribution in [-0.4, -0.2) is 47.9 Å². The molecule has 2 heterocycles. The van der Waals surface area contributed by atoms with Crippen molar-refractivity contribution in [1.29, 1.82) is 0 Å². The molecule has 1 aromatic rings. The first-order valence-electron chi connectivity index (χ1n) is 7.48. The molecular weight excluding hydrogens is 307 g/mol. The molecule has 2 unspecified atom stereocenters. The summed E-state index contributed by atoms with van der Waals surface area (Å²) < 4.78 is 0. The van der Waals surface area contributed by atoms with Gasteiger partial charge in [0.2, 0.25) is 5.91 Å². The third kappa shape index (κ3) is 3.20. The van der Waals surface area contributed by atoms with E-state index >= 15 is 0 Å². The van der Waals surface area contributed by atoms with Crippen LogP contribution in [0.25, 0.3) is 0 Å². The van der Waals surface area contributed by atoms with Gasteiger partial charge < -0.3 is 4.90 Å². The number of nitrogens with zero attached hydrogens (tertiary/aromatic N) is 2. The molecule has 2 aliphatic heterocycles. The smallest absolute Gasteiger partial charge is 0.227 e. The lowest BCUT2D eigenvalue weighted by atomic mass is 10.1. The summed E-state index contributed by atoms with van der Waals surface area (Å²) in [5.74, 6) is 0.153. The fraction of sp³-hybridized carbons (Fsp3) is 0.562. The first kappa shape index (κ1) is 15.1. The van der Waals surface area contributed by atoms with E-state index < -0.39 is 0 Å². The van der Waals surface area contributed by atoms with Gasteiger partial charge in [0.1, 0.15) is 0 Å². The summed E-state index contributed by atoms with van der Waals surface area (Å²) in [4.78, 5) is 17.0. The van der Waals surface area contributed by atoms with E-state index in [1.54, 1.807) is 18.2 Å². The van der Waals surface area contributed by atoms with Gasteiger partial charge in [-0.2, -0.15) is 0 Å². The maximum Gasteiger partial charge on any atom is 0.227 e. The molecule has 0 aliphatic carbocycles. The standard InChI is InChI=1S/C16H20Cl2N2O/c1-19-13-3-4-14(19)10-20(7-6-13)16(21)9-11-8-12(17)2-5-15(11)18/h2,5,8,13-14H,3-4,6-7,9-10H2,1H3. The van der Waals surface area contributed by atoms with Gasteiger partial charge in [-0.25, -0.2) is 0 Å². The third-order valence-corrected chi connectivity index (χ3v) is 5.45. The van der Waals surface area contributed by atoms with Crippen LogP contribution in [0.15, 0.2) is 18.2 Å². The van der Waals surface area contributed by atoms with Crippen LogP contribution in [0.5, 0.6) is 0 Å². The maximum absolute atomic E-state index is 12.6. The zero-order valence-electron chi connectivity index (χ0n) is 12.2. The van der Waals surface area contributed by atoms with Gasteiger partial charge >= 0.3 is 0 Å². The van der Waals surface area contributed by atoms with Gasteiger partial charge in [-0.3, -0.25) is 9.69 Å². The van der Waals surface area contributed by atoms with Gasteiger partial charge in [0.15, 0.2) is 0 Å². The second-order valence-electron chi connectivity index (χ2n) is 6.09. The summed E-state index contributed by atoms with van der Waals surface area (Å²) in [5, 5.41) is 1.23. The van der Waals surface area contributed by atoms with Gasteiger partial charge in [0.05, 0.1) is 6.42 Å². The molecule has 2 aliphatic rings. The normalized spacial score (nSPS) is 26.0. The van der Waals surface area contributed by atoms with Crippen LogP contribution in [-0.2, 0) is 11.2 Å². The molecule has 21 heavy (non-hydrogen) atoms. The van der Waals surface area contributed by atoms with Crippen molar-refractivity contribution < 1.29 is 4.79 Å². The molecule has 2 saturated heterocycles. The van der Waals surface area contributed by atoms with E-state index in [1.165, 1.54) is 12.8 Å². The molecule has 0 aromatic heterocycles. The third-order valence-electron chi connectivity index (χ3n) is 4.85. The number of hydrogen-bond donors (Lipinski definition) is 0. The Morgan fingerprint density at radius 3 is 2.81 bits per heavy atom. The number of benzene rings is 1.